The van der Waals surface area contributed by atoms with Crippen molar-refractivity contribution < 1.29 is 13.1 Å². The molecule has 0 bridgehead atoms. The van der Waals surface area contributed by atoms with Crippen LogP contribution < -0.4 is 0 Å². The fourth-order valence-corrected chi connectivity index (χ4v) is 3.46. The molecule has 0 unspecified atom stereocenters. The van der Waals surface area contributed by atoms with Gasteiger partial charge in [-0.15, -0.1) is 0 Å². The van der Waals surface area contributed by atoms with Gasteiger partial charge in [0.1, 0.15) is 6.21 Å². The predicted molar refractivity (Wildman–Crippen MR) is 88.4 cm³/mol. The molecule has 7 heteroatoms. The summed E-state index contributed by atoms with van der Waals surface area (Å²) in [6.07, 6.45) is 6.19. The molecular formula is C15H9BBrClF2N2. The molecule has 1 aromatic carbocycles. The van der Waals surface area contributed by atoms with Crippen molar-refractivity contribution in [1.29, 1.82) is 0 Å². The van der Waals surface area contributed by atoms with E-state index in [1.807, 2.05) is 12.1 Å². The van der Waals surface area contributed by atoms with E-state index in [9.17, 15) is 8.63 Å². The third kappa shape index (κ3) is 1.80. The highest BCUT2D eigenvalue weighted by Crippen LogP contribution is 2.39. The molecule has 2 aliphatic heterocycles. The maximum Gasteiger partial charge on any atom is 0.737 e. The average Bonchev–Trinajstić information content (AvgIpc) is 3.12. The van der Waals surface area contributed by atoms with Gasteiger partial charge < -0.3 is 17.6 Å². The lowest BCUT2D eigenvalue weighted by atomic mass is 9.86. The number of fused-ring (bicyclic) bond motifs is 2. The average molecular weight is 381 g/mol. The van der Waals surface area contributed by atoms with Gasteiger partial charge in [-0.1, -0.05) is 17.7 Å². The van der Waals surface area contributed by atoms with Crippen molar-refractivity contribution in [3.8, 4) is 0 Å². The Labute approximate surface area is 139 Å². The number of halogens is 4. The van der Waals surface area contributed by atoms with Crippen LogP contribution in [0.15, 0.2) is 58.9 Å². The SMILES string of the molecule is F[B-]1(F)n2cccc2C(c2ccc(Cl)c(Br)c2)=C2C=CC=[N+]21. The van der Waals surface area contributed by atoms with Crippen molar-refractivity contribution >= 4 is 46.3 Å². The highest BCUT2D eigenvalue weighted by molar-refractivity contribution is 9.10. The fourth-order valence-electron chi connectivity index (χ4n) is 2.97. The molecule has 0 radical (unpaired) electrons. The van der Waals surface area contributed by atoms with E-state index in [4.69, 9.17) is 11.6 Å². The van der Waals surface area contributed by atoms with Gasteiger partial charge in [0.15, 0.2) is 5.70 Å². The van der Waals surface area contributed by atoms with Crippen LogP contribution in [-0.4, -0.2) is 22.1 Å². The van der Waals surface area contributed by atoms with E-state index in [1.165, 1.54) is 12.4 Å². The van der Waals surface area contributed by atoms with Crippen molar-refractivity contribution in [2.45, 2.75) is 0 Å². The largest absolute Gasteiger partial charge is 0.737 e. The molecule has 2 aromatic rings. The van der Waals surface area contributed by atoms with E-state index in [2.05, 4.69) is 15.9 Å². The van der Waals surface area contributed by atoms with Gasteiger partial charge in [-0.2, -0.15) is 0 Å². The third-order valence-corrected chi connectivity index (χ3v) is 5.16. The summed E-state index contributed by atoms with van der Waals surface area (Å²) >= 11 is 9.43. The number of hydrogen-bond acceptors (Lipinski definition) is 0. The number of hydrogen-bond donors (Lipinski definition) is 0. The molecular weight excluding hydrogens is 372 g/mol. The highest BCUT2D eigenvalue weighted by Gasteiger charge is 2.51. The zero-order valence-corrected chi connectivity index (χ0v) is 13.5. The van der Waals surface area contributed by atoms with Crippen LogP contribution in [0.5, 0.6) is 0 Å². The van der Waals surface area contributed by atoms with Crippen LogP contribution in [0.4, 0.5) is 8.63 Å². The molecule has 0 aliphatic carbocycles. The normalized spacial score (nSPS) is 18.3. The minimum Gasteiger partial charge on any atom is -0.396 e. The molecule has 4 rings (SSSR count). The maximum absolute atomic E-state index is 14.6. The summed E-state index contributed by atoms with van der Waals surface area (Å²) in [7, 11) is 0. The summed E-state index contributed by atoms with van der Waals surface area (Å²) < 4.78 is 32.1. The number of aromatic nitrogens is 1. The van der Waals surface area contributed by atoms with E-state index < -0.39 is 6.97 Å². The van der Waals surface area contributed by atoms with Crippen LogP contribution >= 0.6 is 27.5 Å². The molecule has 0 N–H and O–H groups in total. The second-order valence-electron chi connectivity index (χ2n) is 5.19. The Kier molecular flexibility index (Phi) is 2.96. The quantitative estimate of drug-likeness (QED) is 0.641. The first-order valence-corrected chi connectivity index (χ1v) is 7.86. The standard InChI is InChI=1S/C15H9BBrClF2N2/c17-11-9-10(5-6-12(11)18)15-13-3-1-7-21(13)16(19,20)22-8-2-4-14(15)22/h1-9H. The van der Waals surface area contributed by atoms with Gasteiger partial charge in [0, 0.05) is 22.3 Å². The minimum atomic E-state index is -3.85. The molecule has 3 heterocycles. The molecule has 110 valence electrons. The molecule has 0 fully saturated rings. The lowest BCUT2D eigenvalue weighted by Crippen LogP contribution is -2.49. The van der Waals surface area contributed by atoms with E-state index in [0.717, 1.165) is 24.6 Å². The smallest absolute Gasteiger partial charge is 0.396 e. The van der Waals surface area contributed by atoms with Crippen molar-refractivity contribution in [3.63, 3.8) is 0 Å². The van der Waals surface area contributed by atoms with Gasteiger partial charge in [0.25, 0.3) is 0 Å². The van der Waals surface area contributed by atoms with Gasteiger partial charge >= 0.3 is 6.97 Å². The Morgan fingerprint density at radius 2 is 2.05 bits per heavy atom. The summed E-state index contributed by atoms with van der Waals surface area (Å²) in [6.45, 7) is -3.85. The number of rotatable bonds is 1. The lowest BCUT2D eigenvalue weighted by molar-refractivity contribution is -0.356. The van der Waals surface area contributed by atoms with Crippen LogP contribution in [0.1, 0.15) is 11.3 Å². The number of benzene rings is 1. The van der Waals surface area contributed by atoms with Crippen LogP contribution in [0.3, 0.4) is 0 Å². The summed E-state index contributed by atoms with van der Waals surface area (Å²) in [5, 5.41) is 0.584. The number of allylic oxidation sites excluding steroid dienone is 2. The summed E-state index contributed by atoms with van der Waals surface area (Å²) in [4.78, 5) is 0. The van der Waals surface area contributed by atoms with E-state index >= 15 is 0 Å². The molecule has 1 aromatic heterocycles. The Balaban J connectivity index is 2.04. The first-order chi connectivity index (χ1) is 10.5. The Morgan fingerprint density at radius 1 is 1.23 bits per heavy atom. The van der Waals surface area contributed by atoms with Crippen LogP contribution in [0, 0.1) is 0 Å². The maximum atomic E-state index is 14.6. The third-order valence-electron chi connectivity index (χ3n) is 3.95. The molecule has 0 saturated heterocycles. The molecule has 22 heavy (non-hydrogen) atoms. The molecule has 2 nitrogen and oxygen atoms in total. The molecule has 0 spiro atoms. The van der Waals surface area contributed by atoms with Crippen LogP contribution in [0.25, 0.3) is 5.57 Å². The zero-order valence-electron chi connectivity index (χ0n) is 11.2. The monoisotopic (exact) mass is 380 g/mol. The summed E-state index contributed by atoms with van der Waals surface area (Å²) in [6, 6.07) is 8.80. The molecule has 0 atom stereocenters. The Hall–Kier alpha value is -1.66. The number of nitrogens with zero attached hydrogens (tertiary/aromatic N) is 2. The second kappa shape index (κ2) is 4.67. The first kappa shape index (κ1) is 14.0. The summed E-state index contributed by atoms with van der Waals surface area (Å²) in [5.74, 6) is 0. The second-order valence-corrected chi connectivity index (χ2v) is 6.46. The Morgan fingerprint density at radius 3 is 2.82 bits per heavy atom. The van der Waals surface area contributed by atoms with E-state index in [1.54, 1.807) is 30.4 Å². The van der Waals surface area contributed by atoms with Gasteiger partial charge in [-0.25, -0.2) is 0 Å². The summed E-state index contributed by atoms with van der Waals surface area (Å²) in [5.41, 5.74) is 2.61. The zero-order chi connectivity index (χ0) is 15.5. The van der Waals surface area contributed by atoms with Crippen molar-refractivity contribution in [1.82, 2.24) is 4.48 Å². The van der Waals surface area contributed by atoms with Crippen molar-refractivity contribution in [3.05, 3.63) is 75.1 Å². The van der Waals surface area contributed by atoms with Gasteiger partial charge in [-0.3, -0.25) is 0 Å². The van der Waals surface area contributed by atoms with E-state index in [-0.39, 0.29) is 0 Å². The van der Waals surface area contributed by atoms with Gasteiger partial charge in [0.2, 0.25) is 0 Å². The first-order valence-electron chi connectivity index (χ1n) is 6.69. The van der Waals surface area contributed by atoms with Crippen LogP contribution in [-0.2, 0) is 0 Å². The lowest BCUT2D eigenvalue weighted by Gasteiger charge is -2.30. The van der Waals surface area contributed by atoms with Crippen molar-refractivity contribution in [2.24, 2.45) is 0 Å². The Bertz CT molecular complexity index is 899. The topological polar surface area (TPSA) is 7.94 Å². The van der Waals surface area contributed by atoms with Gasteiger partial charge in [0.05, 0.1) is 10.6 Å². The molecule has 0 saturated carbocycles. The van der Waals surface area contributed by atoms with Crippen molar-refractivity contribution in [2.75, 3.05) is 0 Å². The van der Waals surface area contributed by atoms with E-state index in [0.29, 0.717) is 16.4 Å². The molecule has 2 aliphatic rings. The predicted octanol–water partition coefficient (Wildman–Crippen LogP) is 4.55. The van der Waals surface area contributed by atoms with Crippen LogP contribution in [0.2, 0.25) is 5.02 Å². The minimum absolute atomic E-state index is 0.505. The highest BCUT2D eigenvalue weighted by atomic mass is 79.9. The van der Waals surface area contributed by atoms with Gasteiger partial charge in [-0.05, 0) is 52.0 Å². The fraction of sp³-hybridized carbons (Fsp3) is 0. The molecule has 0 amide bonds.